The van der Waals surface area contributed by atoms with E-state index in [0.29, 0.717) is 10.6 Å². The summed E-state index contributed by atoms with van der Waals surface area (Å²) in [6.45, 7) is 0. The monoisotopic (exact) mass is 349 g/mol. The average molecular weight is 351 g/mol. The van der Waals surface area contributed by atoms with Gasteiger partial charge in [-0.1, -0.05) is 35.9 Å². The molecular formula is C16H13BrClNO. The molecule has 2 nitrogen and oxygen atoms in total. The molecule has 3 rings (SSSR count). The first kappa shape index (κ1) is 13.7. The molecule has 0 bridgehead atoms. The van der Waals surface area contributed by atoms with Crippen LogP contribution in [-0.2, 0) is 12.8 Å². The molecule has 1 amide bonds. The summed E-state index contributed by atoms with van der Waals surface area (Å²) in [5.74, 6) is -0.0636. The molecule has 1 aliphatic rings. The maximum absolute atomic E-state index is 12.3. The summed E-state index contributed by atoms with van der Waals surface area (Å²) in [4.78, 5) is 12.3. The first-order valence-corrected chi connectivity index (χ1v) is 7.63. The lowest BCUT2D eigenvalue weighted by atomic mass is 10.1. The number of carbonyl (C=O) groups is 1. The fourth-order valence-corrected chi connectivity index (χ4v) is 3.46. The molecule has 2 aromatic rings. The fraction of sp³-hybridized carbons (Fsp3) is 0.188. The van der Waals surface area contributed by atoms with Gasteiger partial charge < -0.3 is 5.32 Å². The van der Waals surface area contributed by atoms with Crippen LogP contribution >= 0.6 is 27.5 Å². The van der Waals surface area contributed by atoms with Gasteiger partial charge in [-0.25, -0.2) is 0 Å². The average Bonchev–Trinajstić information content (AvgIpc) is 2.80. The molecule has 2 aromatic carbocycles. The summed E-state index contributed by atoms with van der Waals surface area (Å²) in [6.07, 6.45) is 1.79. The number of rotatable bonds is 2. The number of benzene rings is 2. The Labute approximate surface area is 131 Å². The smallest absolute Gasteiger partial charge is 0.252 e. The number of hydrogen-bond donors (Lipinski definition) is 1. The molecule has 0 fully saturated rings. The molecule has 4 heteroatoms. The molecule has 0 aromatic heterocycles. The van der Waals surface area contributed by atoms with E-state index in [-0.39, 0.29) is 11.9 Å². The Morgan fingerprint density at radius 1 is 1.15 bits per heavy atom. The third kappa shape index (κ3) is 2.74. The lowest BCUT2D eigenvalue weighted by molar-refractivity contribution is 0.0938. The van der Waals surface area contributed by atoms with Crippen LogP contribution in [0.3, 0.4) is 0 Å². The van der Waals surface area contributed by atoms with Crippen molar-refractivity contribution >= 4 is 33.4 Å². The number of carbonyl (C=O) groups excluding carboxylic acids is 1. The second-order valence-corrected chi connectivity index (χ2v) is 6.26. The van der Waals surface area contributed by atoms with Crippen LogP contribution in [0.15, 0.2) is 46.9 Å². The Kier molecular flexibility index (Phi) is 3.81. The van der Waals surface area contributed by atoms with Crippen molar-refractivity contribution in [2.24, 2.45) is 0 Å². The highest BCUT2D eigenvalue weighted by Crippen LogP contribution is 2.24. The molecule has 0 radical (unpaired) electrons. The van der Waals surface area contributed by atoms with E-state index < -0.39 is 0 Å². The molecule has 0 heterocycles. The molecule has 0 saturated carbocycles. The van der Waals surface area contributed by atoms with Gasteiger partial charge in [0.25, 0.3) is 5.91 Å². The van der Waals surface area contributed by atoms with E-state index in [1.807, 2.05) is 12.1 Å². The van der Waals surface area contributed by atoms with Crippen molar-refractivity contribution in [3.8, 4) is 0 Å². The van der Waals surface area contributed by atoms with Crippen LogP contribution in [0.25, 0.3) is 0 Å². The summed E-state index contributed by atoms with van der Waals surface area (Å²) in [5.41, 5.74) is 3.27. The Balaban J connectivity index is 1.72. The third-order valence-corrected chi connectivity index (χ3v) is 4.45. The molecular weight excluding hydrogens is 338 g/mol. The first-order valence-electron chi connectivity index (χ1n) is 6.46. The molecule has 102 valence electrons. The SMILES string of the molecule is O=C(NC1Cc2ccccc2C1)c1ccc(Cl)cc1Br. The quantitative estimate of drug-likeness (QED) is 0.871. The molecule has 1 N–H and O–H groups in total. The van der Waals surface area contributed by atoms with Crippen LogP contribution in [0.4, 0.5) is 0 Å². The molecule has 20 heavy (non-hydrogen) atoms. The number of nitrogens with one attached hydrogen (secondary N) is 1. The van der Waals surface area contributed by atoms with Crippen LogP contribution in [0.2, 0.25) is 5.02 Å². The molecule has 0 spiro atoms. The van der Waals surface area contributed by atoms with E-state index in [9.17, 15) is 4.79 Å². The fourth-order valence-electron chi connectivity index (χ4n) is 2.60. The number of fused-ring (bicyclic) bond motifs is 1. The van der Waals surface area contributed by atoms with Crippen LogP contribution in [0, 0.1) is 0 Å². The number of halogens is 2. The van der Waals surface area contributed by atoms with Gasteiger partial charge in [-0.3, -0.25) is 4.79 Å². The summed E-state index contributed by atoms with van der Waals surface area (Å²) >= 11 is 9.27. The second-order valence-electron chi connectivity index (χ2n) is 4.97. The second kappa shape index (κ2) is 5.58. The molecule has 0 atom stereocenters. The highest BCUT2D eigenvalue weighted by atomic mass is 79.9. The maximum Gasteiger partial charge on any atom is 0.252 e. The van der Waals surface area contributed by atoms with Gasteiger partial charge in [0, 0.05) is 15.5 Å². The number of amides is 1. The highest BCUT2D eigenvalue weighted by molar-refractivity contribution is 9.10. The predicted octanol–water partition coefficient (Wildman–Crippen LogP) is 4.00. The van der Waals surface area contributed by atoms with Crippen molar-refractivity contribution in [2.75, 3.05) is 0 Å². The third-order valence-electron chi connectivity index (χ3n) is 3.56. The Morgan fingerprint density at radius 2 is 1.80 bits per heavy atom. The largest absolute Gasteiger partial charge is 0.349 e. The van der Waals surface area contributed by atoms with Crippen molar-refractivity contribution in [2.45, 2.75) is 18.9 Å². The van der Waals surface area contributed by atoms with E-state index in [4.69, 9.17) is 11.6 Å². The van der Waals surface area contributed by atoms with Gasteiger partial charge in [-0.2, -0.15) is 0 Å². The van der Waals surface area contributed by atoms with Crippen molar-refractivity contribution in [1.82, 2.24) is 5.32 Å². The van der Waals surface area contributed by atoms with Crippen LogP contribution < -0.4 is 5.32 Å². The van der Waals surface area contributed by atoms with E-state index in [0.717, 1.165) is 17.3 Å². The van der Waals surface area contributed by atoms with Crippen LogP contribution in [0.5, 0.6) is 0 Å². The van der Waals surface area contributed by atoms with E-state index >= 15 is 0 Å². The van der Waals surface area contributed by atoms with Crippen molar-refractivity contribution < 1.29 is 4.79 Å². The lowest BCUT2D eigenvalue weighted by Gasteiger charge is -2.13. The zero-order valence-corrected chi connectivity index (χ0v) is 13.0. The molecule has 0 saturated heterocycles. The van der Waals surface area contributed by atoms with Crippen LogP contribution in [-0.4, -0.2) is 11.9 Å². The zero-order chi connectivity index (χ0) is 14.1. The summed E-state index contributed by atoms with van der Waals surface area (Å²) < 4.78 is 0.720. The minimum Gasteiger partial charge on any atom is -0.349 e. The van der Waals surface area contributed by atoms with Gasteiger partial charge >= 0.3 is 0 Å². The topological polar surface area (TPSA) is 29.1 Å². The van der Waals surface area contributed by atoms with Gasteiger partial charge in [-0.05, 0) is 58.1 Å². The normalized spacial score (nSPS) is 14.1. The van der Waals surface area contributed by atoms with Gasteiger partial charge in [0.2, 0.25) is 0 Å². The van der Waals surface area contributed by atoms with Gasteiger partial charge in [0.05, 0.1) is 5.56 Å². The van der Waals surface area contributed by atoms with Gasteiger partial charge in [0.15, 0.2) is 0 Å². The lowest BCUT2D eigenvalue weighted by Crippen LogP contribution is -2.35. The Bertz CT molecular complexity index is 646. The van der Waals surface area contributed by atoms with Gasteiger partial charge in [0.1, 0.15) is 0 Å². The highest BCUT2D eigenvalue weighted by Gasteiger charge is 2.23. The first-order chi connectivity index (χ1) is 9.63. The maximum atomic E-state index is 12.3. The summed E-state index contributed by atoms with van der Waals surface area (Å²) in [7, 11) is 0. The van der Waals surface area contributed by atoms with Crippen molar-refractivity contribution in [3.05, 3.63) is 68.7 Å². The van der Waals surface area contributed by atoms with E-state index in [2.05, 4.69) is 33.4 Å². The predicted molar refractivity (Wildman–Crippen MR) is 84.3 cm³/mol. The van der Waals surface area contributed by atoms with Crippen molar-refractivity contribution in [1.29, 1.82) is 0 Å². The zero-order valence-electron chi connectivity index (χ0n) is 10.7. The standard InChI is InChI=1S/C16H13BrClNO/c17-15-9-12(18)5-6-14(15)16(20)19-13-7-10-3-1-2-4-11(10)8-13/h1-6,9,13H,7-8H2,(H,19,20). The van der Waals surface area contributed by atoms with Gasteiger partial charge in [-0.15, -0.1) is 0 Å². The summed E-state index contributed by atoms with van der Waals surface area (Å²) in [6, 6.07) is 13.7. The van der Waals surface area contributed by atoms with E-state index in [1.54, 1.807) is 18.2 Å². The molecule has 0 unspecified atom stereocenters. The molecule has 1 aliphatic carbocycles. The Hall–Kier alpha value is -1.32. The van der Waals surface area contributed by atoms with Crippen LogP contribution in [0.1, 0.15) is 21.5 Å². The minimum atomic E-state index is -0.0636. The summed E-state index contributed by atoms with van der Waals surface area (Å²) in [5, 5.41) is 3.70. The number of hydrogen-bond acceptors (Lipinski definition) is 1. The molecule has 0 aliphatic heterocycles. The Morgan fingerprint density at radius 3 is 2.40 bits per heavy atom. The van der Waals surface area contributed by atoms with Crippen molar-refractivity contribution in [3.63, 3.8) is 0 Å². The minimum absolute atomic E-state index is 0.0636. The van der Waals surface area contributed by atoms with E-state index in [1.165, 1.54) is 11.1 Å².